The molecule has 6 heteroatoms. The second-order valence-corrected chi connectivity index (χ2v) is 4.02. The Morgan fingerprint density at radius 2 is 2.17 bits per heavy atom. The number of carbonyl (C=O) groups is 1. The molecule has 0 aliphatic carbocycles. The summed E-state index contributed by atoms with van der Waals surface area (Å²) in [4.78, 5) is 11.7. The summed E-state index contributed by atoms with van der Waals surface area (Å²) >= 11 is 5.70. The van der Waals surface area contributed by atoms with Crippen molar-refractivity contribution in [2.45, 2.75) is 6.42 Å². The quantitative estimate of drug-likeness (QED) is 0.652. The lowest BCUT2D eigenvalue weighted by Gasteiger charge is -2.06. The Morgan fingerprint density at radius 1 is 1.39 bits per heavy atom. The highest BCUT2D eigenvalue weighted by molar-refractivity contribution is 6.32. The number of phenols is 1. The van der Waals surface area contributed by atoms with Crippen LogP contribution in [0, 0.1) is 0 Å². The van der Waals surface area contributed by atoms with Crippen molar-refractivity contribution in [1.82, 2.24) is 5.32 Å². The van der Waals surface area contributed by atoms with Crippen molar-refractivity contribution in [1.29, 1.82) is 0 Å². The molecule has 0 bridgehead atoms. The summed E-state index contributed by atoms with van der Waals surface area (Å²) in [7, 11) is 0. The second-order valence-electron chi connectivity index (χ2n) is 3.61. The minimum Gasteiger partial charge on any atom is -0.506 e. The molecule has 3 N–H and O–H groups in total. The van der Waals surface area contributed by atoms with Gasteiger partial charge in [-0.3, -0.25) is 4.79 Å². The number of aromatic hydroxyl groups is 1. The molecule has 0 spiro atoms. The maximum Gasteiger partial charge on any atom is 0.251 e. The minimum atomic E-state index is -0.251. The van der Waals surface area contributed by atoms with Crippen LogP contribution in [0.1, 0.15) is 16.8 Å². The van der Waals surface area contributed by atoms with E-state index in [1.165, 1.54) is 18.2 Å². The third-order valence-electron chi connectivity index (χ3n) is 2.20. The van der Waals surface area contributed by atoms with Crippen molar-refractivity contribution in [3.63, 3.8) is 0 Å². The maximum absolute atomic E-state index is 11.7. The number of hydrogen-bond donors (Lipinski definition) is 3. The zero-order valence-electron chi connectivity index (χ0n) is 9.86. The monoisotopic (exact) mass is 273 g/mol. The SMILES string of the molecule is O=C(NCCCOCCO)c1ccc(O)c(Cl)c1. The second kappa shape index (κ2) is 7.92. The van der Waals surface area contributed by atoms with Gasteiger partial charge >= 0.3 is 0 Å². The van der Waals surface area contributed by atoms with Gasteiger partial charge in [0.05, 0.1) is 18.2 Å². The van der Waals surface area contributed by atoms with Crippen molar-refractivity contribution in [3.05, 3.63) is 28.8 Å². The van der Waals surface area contributed by atoms with E-state index in [-0.39, 0.29) is 23.3 Å². The largest absolute Gasteiger partial charge is 0.506 e. The standard InChI is InChI=1S/C12H16ClNO4/c13-10-8-9(2-3-11(10)16)12(17)14-4-1-6-18-7-5-15/h2-3,8,15-16H,1,4-7H2,(H,14,17). The lowest BCUT2D eigenvalue weighted by atomic mass is 10.2. The Bertz CT molecular complexity index is 398. The van der Waals surface area contributed by atoms with Gasteiger partial charge in [0.25, 0.3) is 5.91 Å². The van der Waals surface area contributed by atoms with Crippen molar-refractivity contribution in [2.24, 2.45) is 0 Å². The van der Waals surface area contributed by atoms with Gasteiger partial charge in [-0.2, -0.15) is 0 Å². The average Bonchev–Trinajstić information content (AvgIpc) is 2.36. The Labute approximate surface area is 110 Å². The smallest absolute Gasteiger partial charge is 0.251 e. The molecular weight excluding hydrogens is 258 g/mol. The van der Waals surface area contributed by atoms with Gasteiger partial charge in [0.2, 0.25) is 0 Å². The predicted octanol–water partition coefficient (Wildman–Crippen LogP) is 1.17. The summed E-state index contributed by atoms with van der Waals surface area (Å²) < 4.78 is 5.05. The first-order chi connectivity index (χ1) is 8.65. The predicted molar refractivity (Wildman–Crippen MR) is 68.0 cm³/mol. The highest BCUT2D eigenvalue weighted by Crippen LogP contribution is 2.23. The third kappa shape index (κ3) is 4.91. The molecule has 0 aromatic heterocycles. The molecule has 18 heavy (non-hydrogen) atoms. The maximum atomic E-state index is 11.7. The number of amides is 1. The van der Waals surface area contributed by atoms with Crippen LogP contribution in [0.15, 0.2) is 18.2 Å². The summed E-state index contributed by atoms with van der Waals surface area (Å²) in [6, 6.07) is 4.29. The van der Waals surface area contributed by atoms with Crippen molar-refractivity contribution < 1.29 is 19.7 Å². The van der Waals surface area contributed by atoms with Crippen LogP contribution in [0.5, 0.6) is 5.75 Å². The molecule has 0 unspecified atom stereocenters. The highest BCUT2D eigenvalue weighted by atomic mass is 35.5. The molecule has 0 heterocycles. The molecule has 0 saturated heterocycles. The first-order valence-electron chi connectivity index (χ1n) is 5.60. The van der Waals surface area contributed by atoms with E-state index in [9.17, 15) is 9.90 Å². The summed E-state index contributed by atoms with van der Waals surface area (Å²) in [5.41, 5.74) is 0.397. The van der Waals surface area contributed by atoms with E-state index in [2.05, 4.69) is 5.32 Å². The van der Waals surface area contributed by atoms with Crippen LogP contribution in [-0.4, -0.2) is 42.5 Å². The molecule has 0 saturated carbocycles. The lowest BCUT2D eigenvalue weighted by molar-refractivity contribution is 0.0867. The van der Waals surface area contributed by atoms with Gasteiger partial charge in [-0.25, -0.2) is 0 Å². The van der Waals surface area contributed by atoms with Gasteiger partial charge in [0, 0.05) is 18.7 Å². The Balaban J connectivity index is 2.30. The first kappa shape index (κ1) is 14.8. The van der Waals surface area contributed by atoms with Gasteiger partial charge in [-0.1, -0.05) is 11.6 Å². The summed E-state index contributed by atoms with van der Waals surface area (Å²) in [5.74, 6) is -0.301. The highest BCUT2D eigenvalue weighted by Gasteiger charge is 2.07. The number of phenolic OH excluding ortho intramolecular Hbond substituents is 1. The Hall–Kier alpha value is -1.30. The number of hydrogen-bond acceptors (Lipinski definition) is 4. The van der Waals surface area contributed by atoms with Crippen LogP contribution in [0.4, 0.5) is 0 Å². The molecular formula is C12H16ClNO4. The first-order valence-corrected chi connectivity index (χ1v) is 5.98. The van der Waals surface area contributed by atoms with E-state index in [0.29, 0.717) is 31.7 Å². The van der Waals surface area contributed by atoms with Crippen LogP contribution in [0.2, 0.25) is 5.02 Å². The summed E-state index contributed by atoms with van der Waals surface area (Å²) in [6.07, 6.45) is 0.664. The topological polar surface area (TPSA) is 78.8 Å². The molecule has 0 atom stereocenters. The number of benzene rings is 1. The molecule has 1 amide bonds. The van der Waals surface area contributed by atoms with E-state index in [4.69, 9.17) is 21.4 Å². The number of aliphatic hydroxyl groups is 1. The van der Waals surface area contributed by atoms with Crippen LogP contribution in [0.3, 0.4) is 0 Å². The minimum absolute atomic E-state index is 0.00162. The Morgan fingerprint density at radius 3 is 2.83 bits per heavy atom. The fourth-order valence-electron chi connectivity index (χ4n) is 1.29. The molecule has 0 fully saturated rings. The van der Waals surface area contributed by atoms with Crippen LogP contribution >= 0.6 is 11.6 Å². The van der Waals surface area contributed by atoms with Crippen molar-refractivity contribution >= 4 is 17.5 Å². The number of aliphatic hydroxyl groups excluding tert-OH is 1. The van der Waals surface area contributed by atoms with Gasteiger partial charge < -0.3 is 20.3 Å². The van der Waals surface area contributed by atoms with Gasteiger partial charge in [-0.15, -0.1) is 0 Å². The molecule has 1 rings (SSSR count). The fraction of sp³-hybridized carbons (Fsp3) is 0.417. The number of carbonyl (C=O) groups excluding carboxylic acids is 1. The molecule has 1 aromatic carbocycles. The number of rotatable bonds is 7. The summed E-state index contributed by atoms with van der Waals surface area (Å²) in [5, 5.41) is 20.5. The average molecular weight is 274 g/mol. The van der Waals surface area contributed by atoms with Gasteiger partial charge in [-0.05, 0) is 24.6 Å². The van der Waals surface area contributed by atoms with Gasteiger partial charge in [0.1, 0.15) is 5.75 Å². The molecule has 100 valence electrons. The van der Waals surface area contributed by atoms with Gasteiger partial charge in [0.15, 0.2) is 0 Å². The molecule has 0 aliphatic rings. The zero-order valence-corrected chi connectivity index (χ0v) is 10.6. The fourth-order valence-corrected chi connectivity index (χ4v) is 1.47. The van der Waals surface area contributed by atoms with Crippen molar-refractivity contribution in [3.8, 4) is 5.75 Å². The lowest BCUT2D eigenvalue weighted by Crippen LogP contribution is -2.25. The molecule has 5 nitrogen and oxygen atoms in total. The number of nitrogens with one attached hydrogen (secondary N) is 1. The summed E-state index contributed by atoms with van der Waals surface area (Å²) in [6.45, 7) is 1.26. The third-order valence-corrected chi connectivity index (χ3v) is 2.50. The van der Waals surface area contributed by atoms with E-state index in [1.54, 1.807) is 0 Å². The van der Waals surface area contributed by atoms with E-state index in [0.717, 1.165) is 0 Å². The van der Waals surface area contributed by atoms with Crippen LogP contribution in [0.25, 0.3) is 0 Å². The molecule has 0 radical (unpaired) electrons. The van der Waals surface area contributed by atoms with E-state index < -0.39 is 0 Å². The van der Waals surface area contributed by atoms with Crippen LogP contribution < -0.4 is 5.32 Å². The Kier molecular flexibility index (Phi) is 6.49. The molecule has 1 aromatic rings. The van der Waals surface area contributed by atoms with Crippen LogP contribution in [-0.2, 0) is 4.74 Å². The zero-order chi connectivity index (χ0) is 13.4. The van der Waals surface area contributed by atoms with E-state index in [1.807, 2.05) is 0 Å². The van der Waals surface area contributed by atoms with Crippen molar-refractivity contribution in [2.75, 3.05) is 26.4 Å². The number of ether oxygens (including phenoxy) is 1. The normalized spacial score (nSPS) is 10.3. The number of halogens is 1. The molecule has 0 aliphatic heterocycles. The van der Waals surface area contributed by atoms with E-state index >= 15 is 0 Å².